The number of amides is 1. The smallest absolute Gasteiger partial charge is 0.407 e. The molecule has 43 heavy (non-hydrogen) atoms. The van der Waals surface area contributed by atoms with E-state index in [1.165, 1.54) is 0 Å². The second-order valence-electron chi connectivity index (χ2n) is 10.4. The SMILES string of the molecule is CC(C)(C)OC(=O)NCCCCC(=O)OC[n+]1ccc(N/C(=N\CCCCCCOc2ccc(Cl)cc2)NC#N)cc1.[I-]. The number of alkyl carbamates (subject to hydrolysis) is 1. The van der Waals surface area contributed by atoms with Gasteiger partial charge in [0.25, 0.3) is 6.73 Å². The number of nitrogens with zero attached hydrogens (tertiary/aromatic N) is 3. The summed E-state index contributed by atoms with van der Waals surface area (Å²) in [6, 6.07) is 10.9. The number of carbonyl (C=O) groups is 2. The van der Waals surface area contributed by atoms with Gasteiger partial charge < -0.3 is 48.8 Å². The van der Waals surface area contributed by atoms with Crippen molar-refractivity contribution >= 4 is 35.3 Å². The van der Waals surface area contributed by atoms with Crippen molar-refractivity contribution in [3.8, 4) is 11.9 Å². The predicted molar refractivity (Wildman–Crippen MR) is 161 cm³/mol. The highest BCUT2D eigenvalue weighted by molar-refractivity contribution is 6.30. The molecule has 0 saturated heterocycles. The molecule has 1 heterocycles. The van der Waals surface area contributed by atoms with Crippen LogP contribution >= 0.6 is 11.6 Å². The number of rotatable bonds is 16. The zero-order valence-electron chi connectivity index (χ0n) is 25.0. The standard InChI is InChI=1S/C30H41ClN6O5.HI/c1-30(2,3)42-29(39)34-18-8-6-10-27(38)41-23-37-19-15-25(16-20-37)36-28(35-22-32)33-17-7-4-5-9-21-40-26-13-11-24(31)12-14-26;/h11-16,19-20H,4-10,17-18,21,23H2,1-3H3,(H2,33,34,35,39);1H. The number of anilines is 1. The number of benzene rings is 1. The number of nitrogens with one attached hydrogen (secondary N) is 3. The molecule has 0 aliphatic rings. The van der Waals surface area contributed by atoms with Crippen molar-refractivity contribution in [2.45, 2.75) is 78.0 Å². The quantitative estimate of drug-likeness (QED) is 0.0350. The number of halogens is 2. The number of ether oxygens (including phenoxy) is 3. The van der Waals surface area contributed by atoms with Crippen LogP contribution in [-0.2, 0) is 21.0 Å². The highest BCUT2D eigenvalue weighted by Crippen LogP contribution is 2.16. The number of pyridine rings is 1. The van der Waals surface area contributed by atoms with Crippen molar-refractivity contribution < 1.29 is 52.3 Å². The molecular formula is C30H42ClIN6O5. The van der Waals surface area contributed by atoms with Crippen LogP contribution < -0.4 is 49.2 Å². The fraction of sp³-hybridized carbons (Fsp3) is 0.500. The zero-order valence-corrected chi connectivity index (χ0v) is 27.9. The van der Waals surface area contributed by atoms with E-state index in [0.29, 0.717) is 43.5 Å². The third-order valence-electron chi connectivity index (χ3n) is 5.58. The van der Waals surface area contributed by atoms with Crippen LogP contribution in [0.25, 0.3) is 0 Å². The van der Waals surface area contributed by atoms with Gasteiger partial charge in [-0.1, -0.05) is 18.0 Å². The van der Waals surface area contributed by atoms with E-state index in [-0.39, 0.29) is 43.1 Å². The van der Waals surface area contributed by atoms with Crippen LogP contribution in [0.15, 0.2) is 53.8 Å². The third kappa shape index (κ3) is 18.8. The molecule has 0 unspecified atom stereocenters. The summed E-state index contributed by atoms with van der Waals surface area (Å²) >= 11 is 5.88. The Balaban J connectivity index is 0.00000924. The Labute approximate surface area is 276 Å². The number of hydrogen-bond donors (Lipinski definition) is 3. The number of aliphatic imine (C=N–C) groups is 1. The first kappa shape index (κ1) is 37.7. The zero-order chi connectivity index (χ0) is 30.6. The summed E-state index contributed by atoms with van der Waals surface area (Å²) in [5.41, 5.74) is 0.191. The third-order valence-corrected chi connectivity index (χ3v) is 5.84. The van der Waals surface area contributed by atoms with Gasteiger partial charge in [-0.05, 0) is 77.1 Å². The monoisotopic (exact) mass is 728 g/mol. The summed E-state index contributed by atoms with van der Waals surface area (Å²) in [4.78, 5) is 28.1. The minimum atomic E-state index is -0.542. The molecule has 0 fully saturated rings. The Morgan fingerprint density at radius 3 is 2.37 bits per heavy atom. The summed E-state index contributed by atoms with van der Waals surface area (Å²) in [6.45, 7) is 7.14. The second kappa shape index (κ2) is 21.4. The largest absolute Gasteiger partial charge is 1.00 e. The van der Waals surface area contributed by atoms with Gasteiger partial charge in [-0.2, -0.15) is 9.83 Å². The van der Waals surface area contributed by atoms with E-state index in [4.69, 9.17) is 31.1 Å². The Morgan fingerprint density at radius 2 is 1.70 bits per heavy atom. The summed E-state index contributed by atoms with van der Waals surface area (Å²) in [5, 5.41) is 18.1. The van der Waals surface area contributed by atoms with Gasteiger partial charge in [0.1, 0.15) is 11.4 Å². The molecule has 236 valence electrons. The Morgan fingerprint density at radius 1 is 1.00 bits per heavy atom. The number of unbranched alkanes of at least 4 members (excludes halogenated alkanes) is 4. The summed E-state index contributed by atoms with van der Waals surface area (Å²) in [6.07, 6.45) is 10.3. The molecule has 0 saturated carbocycles. The van der Waals surface area contributed by atoms with Crippen LogP contribution in [0.3, 0.4) is 0 Å². The van der Waals surface area contributed by atoms with Gasteiger partial charge in [0.05, 0.1) is 12.3 Å². The molecule has 13 heteroatoms. The minimum absolute atomic E-state index is 0. The van der Waals surface area contributed by atoms with Crippen LogP contribution in [0, 0.1) is 11.5 Å². The van der Waals surface area contributed by atoms with E-state index in [2.05, 4.69) is 20.9 Å². The van der Waals surface area contributed by atoms with Crippen LogP contribution in [0.4, 0.5) is 10.5 Å². The van der Waals surface area contributed by atoms with Gasteiger partial charge in [0.15, 0.2) is 18.6 Å². The van der Waals surface area contributed by atoms with E-state index in [0.717, 1.165) is 37.1 Å². The van der Waals surface area contributed by atoms with Crippen molar-refractivity contribution in [3.63, 3.8) is 0 Å². The van der Waals surface area contributed by atoms with Crippen LogP contribution in [0.1, 0.15) is 65.7 Å². The number of carbonyl (C=O) groups excluding carboxylic acids is 2. The lowest BCUT2D eigenvalue weighted by Gasteiger charge is -2.19. The van der Waals surface area contributed by atoms with Gasteiger partial charge in [0.2, 0.25) is 5.96 Å². The predicted octanol–water partition coefficient (Wildman–Crippen LogP) is 2.31. The van der Waals surface area contributed by atoms with Crippen molar-refractivity contribution in [2.24, 2.45) is 4.99 Å². The number of guanidine groups is 1. The number of nitriles is 1. The fourth-order valence-corrected chi connectivity index (χ4v) is 3.65. The summed E-state index contributed by atoms with van der Waals surface area (Å²) in [7, 11) is 0. The van der Waals surface area contributed by atoms with E-state index in [1.54, 1.807) is 49.9 Å². The first-order valence-electron chi connectivity index (χ1n) is 14.1. The highest BCUT2D eigenvalue weighted by Gasteiger charge is 2.15. The second-order valence-corrected chi connectivity index (χ2v) is 10.9. The molecule has 0 aliphatic carbocycles. The molecule has 11 nitrogen and oxygen atoms in total. The normalized spacial score (nSPS) is 11.0. The van der Waals surface area contributed by atoms with Crippen molar-refractivity contribution in [3.05, 3.63) is 53.8 Å². The first-order chi connectivity index (χ1) is 20.1. The maximum absolute atomic E-state index is 12.0. The van der Waals surface area contributed by atoms with Gasteiger partial charge in [0, 0.05) is 36.7 Å². The molecule has 0 bridgehead atoms. The van der Waals surface area contributed by atoms with Gasteiger partial charge in [-0.3, -0.25) is 15.1 Å². The van der Waals surface area contributed by atoms with Gasteiger partial charge >= 0.3 is 12.1 Å². The van der Waals surface area contributed by atoms with E-state index >= 15 is 0 Å². The molecule has 0 aliphatic heterocycles. The lowest BCUT2D eigenvalue weighted by atomic mass is 10.2. The topological polar surface area (TPSA) is 138 Å². The lowest BCUT2D eigenvalue weighted by molar-refractivity contribution is -0.727. The Bertz CT molecular complexity index is 1170. The molecule has 3 N–H and O–H groups in total. The van der Waals surface area contributed by atoms with Gasteiger partial charge in [-0.15, -0.1) is 0 Å². The van der Waals surface area contributed by atoms with Crippen LogP contribution in [0.2, 0.25) is 5.02 Å². The maximum atomic E-state index is 12.0. The molecule has 0 atom stereocenters. The lowest BCUT2D eigenvalue weighted by Crippen LogP contribution is -3.00. The van der Waals surface area contributed by atoms with Crippen LogP contribution in [0.5, 0.6) is 5.75 Å². The van der Waals surface area contributed by atoms with E-state index < -0.39 is 11.7 Å². The molecule has 0 radical (unpaired) electrons. The number of esters is 1. The molecule has 2 aromatic rings. The first-order valence-corrected chi connectivity index (χ1v) is 14.5. The average Bonchev–Trinajstić information content (AvgIpc) is 2.94. The molecule has 1 aromatic heterocycles. The highest BCUT2D eigenvalue weighted by atomic mass is 127. The van der Waals surface area contributed by atoms with Crippen LogP contribution in [-0.4, -0.2) is 43.3 Å². The van der Waals surface area contributed by atoms with Gasteiger partial charge in [-0.25, -0.2) is 4.79 Å². The molecule has 0 spiro atoms. The summed E-state index contributed by atoms with van der Waals surface area (Å²) < 4.78 is 17.9. The average molecular weight is 729 g/mol. The molecule has 1 aromatic carbocycles. The number of hydrogen-bond acceptors (Lipinski definition) is 7. The molecule has 1 amide bonds. The maximum Gasteiger partial charge on any atom is 0.407 e. The Kier molecular flexibility index (Phi) is 18.8. The fourth-order valence-electron chi connectivity index (χ4n) is 3.52. The molecule has 2 rings (SSSR count). The van der Waals surface area contributed by atoms with Crippen molar-refractivity contribution in [1.82, 2.24) is 10.6 Å². The summed E-state index contributed by atoms with van der Waals surface area (Å²) in [5.74, 6) is 0.866. The number of aromatic nitrogens is 1. The molecular weight excluding hydrogens is 687 g/mol. The van der Waals surface area contributed by atoms with E-state index in [1.807, 2.05) is 30.5 Å². The van der Waals surface area contributed by atoms with E-state index in [9.17, 15) is 9.59 Å². The van der Waals surface area contributed by atoms with Crippen molar-refractivity contribution in [2.75, 3.05) is 25.0 Å². The van der Waals surface area contributed by atoms with Crippen molar-refractivity contribution in [1.29, 1.82) is 5.26 Å². The Hall–Kier alpha value is -3.31. The minimum Gasteiger partial charge on any atom is -1.00 e.